The summed E-state index contributed by atoms with van der Waals surface area (Å²) < 4.78 is 13.0. The summed E-state index contributed by atoms with van der Waals surface area (Å²) >= 11 is 0. The van der Waals surface area contributed by atoms with Gasteiger partial charge in [-0.15, -0.1) is 0 Å². The number of benzene rings is 1. The Labute approximate surface area is 91.2 Å². The predicted octanol–water partition coefficient (Wildman–Crippen LogP) is 2.59. The van der Waals surface area contributed by atoms with Crippen LogP contribution in [-0.2, 0) is 0 Å². The van der Waals surface area contributed by atoms with Crippen molar-refractivity contribution in [1.82, 2.24) is 4.98 Å². The van der Waals surface area contributed by atoms with Crippen LogP contribution in [0.3, 0.4) is 0 Å². The molecule has 1 heterocycles. The number of aromatic nitrogens is 1. The number of rotatable bonds is 2. The van der Waals surface area contributed by atoms with Crippen LogP contribution >= 0.6 is 0 Å². The number of carboxylic acids is 1. The number of halogens is 1. The Hall–Kier alpha value is -2.23. The van der Waals surface area contributed by atoms with E-state index in [2.05, 4.69) is 4.98 Å². The van der Waals surface area contributed by atoms with Gasteiger partial charge < -0.3 is 5.11 Å². The highest BCUT2D eigenvalue weighted by atomic mass is 19.1. The van der Waals surface area contributed by atoms with Crippen LogP contribution in [0.1, 0.15) is 10.4 Å². The molecule has 0 atom stereocenters. The predicted molar refractivity (Wildman–Crippen MR) is 56.6 cm³/mol. The third kappa shape index (κ3) is 2.06. The van der Waals surface area contributed by atoms with E-state index in [1.54, 1.807) is 12.1 Å². The van der Waals surface area contributed by atoms with Gasteiger partial charge in [-0.05, 0) is 24.3 Å². The van der Waals surface area contributed by atoms with Crippen LogP contribution < -0.4 is 0 Å². The minimum absolute atomic E-state index is 0.134. The summed E-state index contributed by atoms with van der Waals surface area (Å²) in [5.41, 5.74) is 1.14. The quantitative estimate of drug-likeness (QED) is 0.841. The van der Waals surface area contributed by atoms with Crippen molar-refractivity contribution in [1.29, 1.82) is 0 Å². The van der Waals surface area contributed by atoms with Crippen LogP contribution in [0.2, 0.25) is 0 Å². The molecule has 16 heavy (non-hydrogen) atoms. The van der Waals surface area contributed by atoms with Crippen molar-refractivity contribution in [3.63, 3.8) is 0 Å². The average Bonchev–Trinajstić information content (AvgIpc) is 2.29. The Balaban J connectivity index is 2.48. The zero-order valence-electron chi connectivity index (χ0n) is 8.22. The zero-order valence-corrected chi connectivity index (χ0v) is 8.22. The SMILES string of the molecule is O=C(O)c1ccnc(-c2cccc(F)c2)c1. The van der Waals surface area contributed by atoms with Crippen molar-refractivity contribution < 1.29 is 14.3 Å². The normalized spacial score (nSPS) is 10.1. The number of hydrogen-bond acceptors (Lipinski definition) is 2. The maximum atomic E-state index is 13.0. The van der Waals surface area contributed by atoms with Gasteiger partial charge in [0.15, 0.2) is 0 Å². The maximum absolute atomic E-state index is 13.0. The second-order valence-electron chi connectivity index (χ2n) is 3.25. The van der Waals surface area contributed by atoms with Crippen molar-refractivity contribution >= 4 is 5.97 Å². The van der Waals surface area contributed by atoms with E-state index in [9.17, 15) is 9.18 Å². The highest BCUT2D eigenvalue weighted by Gasteiger charge is 2.06. The molecule has 3 nitrogen and oxygen atoms in total. The molecule has 0 unspecified atom stereocenters. The molecule has 4 heteroatoms. The van der Waals surface area contributed by atoms with E-state index in [-0.39, 0.29) is 11.4 Å². The number of carboxylic acid groups (broad SMARTS) is 1. The zero-order chi connectivity index (χ0) is 11.5. The molecular formula is C12H8FNO2. The van der Waals surface area contributed by atoms with E-state index in [0.29, 0.717) is 11.3 Å². The molecule has 0 saturated heterocycles. The molecule has 2 aromatic rings. The van der Waals surface area contributed by atoms with E-state index < -0.39 is 5.97 Å². The first-order valence-electron chi connectivity index (χ1n) is 4.62. The van der Waals surface area contributed by atoms with E-state index in [0.717, 1.165) is 0 Å². The Morgan fingerprint density at radius 3 is 2.75 bits per heavy atom. The molecule has 0 saturated carbocycles. The summed E-state index contributed by atoms with van der Waals surface area (Å²) in [6.07, 6.45) is 1.39. The van der Waals surface area contributed by atoms with Gasteiger partial charge in [0.05, 0.1) is 11.3 Å². The van der Waals surface area contributed by atoms with Gasteiger partial charge in [-0.25, -0.2) is 9.18 Å². The molecule has 0 fully saturated rings. The van der Waals surface area contributed by atoms with Crippen molar-refractivity contribution in [2.45, 2.75) is 0 Å². The number of pyridine rings is 1. The Morgan fingerprint density at radius 2 is 2.06 bits per heavy atom. The third-order valence-corrected chi connectivity index (χ3v) is 2.13. The third-order valence-electron chi connectivity index (χ3n) is 2.13. The first kappa shape index (κ1) is 10.3. The largest absolute Gasteiger partial charge is 0.478 e. The topological polar surface area (TPSA) is 50.2 Å². The average molecular weight is 217 g/mol. The summed E-state index contributed by atoms with van der Waals surface area (Å²) in [5, 5.41) is 8.81. The van der Waals surface area contributed by atoms with E-state index in [1.165, 1.54) is 30.5 Å². The molecule has 0 spiro atoms. The Kier molecular flexibility index (Phi) is 2.64. The van der Waals surface area contributed by atoms with Gasteiger partial charge in [-0.1, -0.05) is 12.1 Å². The fourth-order valence-electron chi connectivity index (χ4n) is 1.37. The molecule has 0 aliphatic heterocycles. The van der Waals surface area contributed by atoms with Crippen LogP contribution in [-0.4, -0.2) is 16.1 Å². The maximum Gasteiger partial charge on any atom is 0.335 e. The van der Waals surface area contributed by atoms with Gasteiger partial charge >= 0.3 is 5.97 Å². The Morgan fingerprint density at radius 1 is 1.25 bits per heavy atom. The van der Waals surface area contributed by atoms with Crippen molar-refractivity contribution in [2.24, 2.45) is 0 Å². The van der Waals surface area contributed by atoms with Gasteiger partial charge in [0.1, 0.15) is 5.82 Å². The number of carbonyl (C=O) groups is 1. The smallest absolute Gasteiger partial charge is 0.335 e. The molecular weight excluding hydrogens is 209 g/mol. The van der Waals surface area contributed by atoms with Crippen LogP contribution in [0.4, 0.5) is 4.39 Å². The lowest BCUT2D eigenvalue weighted by atomic mass is 10.1. The second kappa shape index (κ2) is 4.10. The van der Waals surface area contributed by atoms with E-state index in [1.807, 2.05) is 0 Å². The Bertz CT molecular complexity index is 540. The molecule has 1 N–H and O–H groups in total. The summed E-state index contributed by atoms with van der Waals surface area (Å²) in [4.78, 5) is 14.8. The van der Waals surface area contributed by atoms with Gasteiger partial charge in [0.25, 0.3) is 0 Å². The van der Waals surface area contributed by atoms with Gasteiger partial charge in [-0.2, -0.15) is 0 Å². The van der Waals surface area contributed by atoms with Crippen LogP contribution in [0.5, 0.6) is 0 Å². The van der Waals surface area contributed by atoms with Gasteiger partial charge in [-0.3, -0.25) is 4.98 Å². The molecule has 0 amide bonds. The lowest BCUT2D eigenvalue weighted by Crippen LogP contribution is -1.97. The van der Waals surface area contributed by atoms with E-state index >= 15 is 0 Å². The molecule has 0 aliphatic rings. The first-order valence-corrected chi connectivity index (χ1v) is 4.62. The minimum Gasteiger partial charge on any atom is -0.478 e. The molecule has 1 aromatic heterocycles. The number of hydrogen-bond donors (Lipinski definition) is 1. The first-order chi connectivity index (χ1) is 7.66. The summed E-state index contributed by atoms with van der Waals surface area (Å²) in [6, 6.07) is 8.68. The van der Waals surface area contributed by atoms with E-state index in [4.69, 9.17) is 5.11 Å². The standard InChI is InChI=1S/C12H8FNO2/c13-10-3-1-2-8(6-10)11-7-9(12(15)16)4-5-14-11/h1-7H,(H,15,16). The van der Waals surface area contributed by atoms with Crippen molar-refractivity contribution in [3.05, 3.63) is 54.0 Å². The molecule has 0 bridgehead atoms. The minimum atomic E-state index is -1.03. The monoisotopic (exact) mass is 217 g/mol. The highest BCUT2D eigenvalue weighted by molar-refractivity contribution is 5.88. The van der Waals surface area contributed by atoms with Crippen LogP contribution in [0.25, 0.3) is 11.3 Å². The molecule has 80 valence electrons. The van der Waals surface area contributed by atoms with Gasteiger partial charge in [0, 0.05) is 11.8 Å². The lowest BCUT2D eigenvalue weighted by molar-refractivity contribution is 0.0697. The van der Waals surface area contributed by atoms with Crippen molar-refractivity contribution in [2.75, 3.05) is 0 Å². The van der Waals surface area contributed by atoms with Crippen LogP contribution in [0.15, 0.2) is 42.6 Å². The number of nitrogens with zero attached hydrogens (tertiary/aromatic N) is 1. The fraction of sp³-hybridized carbons (Fsp3) is 0. The second-order valence-corrected chi connectivity index (χ2v) is 3.25. The number of aromatic carboxylic acids is 1. The molecule has 0 radical (unpaired) electrons. The summed E-state index contributed by atoms with van der Waals surface area (Å²) in [6.45, 7) is 0. The molecule has 1 aromatic carbocycles. The molecule has 2 rings (SSSR count). The highest BCUT2D eigenvalue weighted by Crippen LogP contribution is 2.18. The summed E-state index contributed by atoms with van der Waals surface area (Å²) in [5.74, 6) is -1.40. The van der Waals surface area contributed by atoms with Crippen molar-refractivity contribution in [3.8, 4) is 11.3 Å². The fourth-order valence-corrected chi connectivity index (χ4v) is 1.37. The van der Waals surface area contributed by atoms with Gasteiger partial charge in [0.2, 0.25) is 0 Å². The molecule has 0 aliphatic carbocycles. The van der Waals surface area contributed by atoms with Crippen LogP contribution in [0, 0.1) is 5.82 Å². The summed E-state index contributed by atoms with van der Waals surface area (Å²) in [7, 11) is 0. The lowest BCUT2D eigenvalue weighted by Gasteiger charge is -2.01.